The normalized spacial score (nSPS) is 12.5. The summed E-state index contributed by atoms with van der Waals surface area (Å²) >= 11 is 0. The molecule has 78 heavy (non-hydrogen) atoms. The molecule has 0 saturated carbocycles. The molecule has 0 rings (SSSR count). The molecule has 0 spiro atoms. The van der Waals surface area contributed by atoms with Gasteiger partial charge in [-0.15, -0.1) is 0 Å². The van der Waals surface area contributed by atoms with Crippen LogP contribution in [0.3, 0.4) is 0 Å². The molecule has 0 amide bonds. The SMILES string of the molecule is CC/C=C\C/C=C\C/C=C\C/C=C\CCCCCCCCCCCCCCCCCCCCCCCCC(=O)OCC(COC(=O)CCCCCCC/C=C\CCCCC)OC(=O)CCCCCCC/C=C\CCCCCC. The van der Waals surface area contributed by atoms with Gasteiger partial charge in [-0.1, -0.05) is 293 Å². The smallest absolute Gasteiger partial charge is 0.306 e. The topological polar surface area (TPSA) is 78.9 Å². The van der Waals surface area contributed by atoms with Gasteiger partial charge in [0.25, 0.3) is 0 Å². The largest absolute Gasteiger partial charge is 0.462 e. The number of hydrogen-bond acceptors (Lipinski definition) is 6. The third kappa shape index (κ3) is 63.7. The van der Waals surface area contributed by atoms with Crippen molar-refractivity contribution in [1.29, 1.82) is 0 Å². The lowest BCUT2D eigenvalue weighted by Gasteiger charge is -2.18. The number of esters is 3. The third-order valence-electron chi connectivity index (χ3n) is 14.9. The molecular weight excluding hydrogens is 961 g/mol. The van der Waals surface area contributed by atoms with E-state index in [2.05, 4.69) is 93.7 Å². The molecule has 0 aliphatic heterocycles. The van der Waals surface area contributed by atoms with Gasteiger partial charge in [0.1, 0.15) is 13.2 Å². The molecule has 0 aromatic carbocycles. The van der Waals surface area contributed by atoms with Crippen LogP contribution in [0.4, 0.5) is 0 Å². The van der Waals surface area contributed by atoms with Crippen molar-refractivity contribution in [2.24, 2.45) is 0 Å². The molecule has 0 aromatic heterocycles. The fourth-order valence-electron chi connectivity index (χ4n) is 9.84. The molecule has 0 radical (unpaired) electrons. The van der Waals surface area contributed by atoms with Crippen LogP contribution in [-0.2, 0) is 28.6 Å². The van der Waals surface area contributed by atoms with Gasteiger partial charge in [0, 0.05) is 19.3 Å². The van der Waals surface area contributed by atoms with E-state index >= 15 is 0 Å². The number of hydrogen-bond donors (Lipinski definition) is 0. The lowest BCUT2D eigenvalue weighted by atomic mass is 10.0. The lowest BCUT2D eigenvalue weighted by Crippen LogP contribution is -2.30. The highest BCUT2D eigenvalue weighted by atomic mass is 16.6. The van der Waals surface area contributed by atoms with E-state index in [0.29, 0.717) is 19.3 Å². The number of carbonyl (C=O) groups is 3. The van der Waals surface area contributed by atoms with E-state index in [9.17, 15) is 14.4 Å². The summed E-state index contributed by atoms with van der Waals surface area (Å²) in [4.78, 5) is 38.2. The van der Waals surface area contributed by atoms with Crippen molar-refractivity contribution in [3.63, 3.8) is 0 Å². The summed E-state index contributed by atoms with van der Waals surface area (Å²) in [5.74, 6) is -0.878. The highest BCUT2D eigenvalue weighted by Gasteiger charge is 2.19. The maximum absolute atomic E-state index is 12.9. The van der Waals surface area contributed by atoms with Gasteiger partial charge in [0.2, 0.25) is 0 Å². The second-order valence-electron chi connectivity index (χ2n) is 22.7. The predicted octanol–water partition coefficient (Wildman–Crippen LogP) is 23.3. The van der Waals surface area contributed by atoms with Crippen molar-refractivity contribution < 1.29 is 28.6 Å². The van der Waals surface area contributed by atoms with Gasteiger partial charge in [-0.05, 0) is 109 Å². The maximum atomic E-state index is 12.9. The molecule has 0 aliphatic carbocycles. The first-order valence-electron chi connectivity index (χ1n) is 33.9. The second-order valence-corrected chi connectivity index (χ2v) is 22.7. The van der Waals surface area contributed by atoms with Gasteiger partial charge in [-0.2, -0.15) is 0 Å². The van der Waals surface area contributed by atoms with Gasteiger partial charge >= 0.3 is 17.9 Å². The number of unbranched alkanes of at least 4 members (excludes halogenated alkanes) is 39. The first-order chi connectivity index (χ1) is 38.5. The van der Waals surface area contributed by atoms with Crippen LogP contribution in [0.1, 0.15) is 348 Å². The zero-order chi connectivity index (χ0) is 56.4. The monoisotopic (exact) mass is 1090 g/mol. The van der Waals surface area contributed by atoms with Crippen LogP contribution < -0.4 is 0 Å². The molecule has 0 saturated heterocycles. The Morgan fingerprint density at radius 2 is 0.500 bits per heavy atom. The van der Waals surface area contributed by atoms with Gasteiger partial charge in [-0.3, -0.25) is 14.4 Å². The Labute approximate surface area is 484 Å². The molecule has 0 fully saturated rings. The molecule has 6 nitrogen and oxygen atoms in total. The van der Waals surface area contributed by atoms with E-state index in [1.165, 1.54) is 205 Å². The molecule has 0 heterocycles. The average molecular weight is 1090 g/mol. The van der Waals surface area contributed by atoms with Gasteiger partial charge in [0.15, 0.2) is 6.10 Å². The Morgan fingerprint density at radius 3 is 0.821 bits per heavy atom. The summed E-state index contributed by atoms with van der Waals surface area (Å²) in [6, 6.07) is 0. The quantitative estimate of drug-likeness (QED) is 0.0261. The molecule has 0 N–H and O–H groups in total. The summed E-state index contributed by atoms with van der Waals surface area (Å²) in [5.41, 5.74) is 0. The highest BCUT2D eigenvalue weighted by Crippen LogP contribution is 2.18. The van der Waals surface area contributed by atoms with Crippen LogP contribution in [0.25, 0.3) is 0 Å². The predicted molar refractivity (Wildman–Crippen MR) is 339 cm³/mol. The molecule has 1 unspecified atom stereocenters. The minimum atomic E-state index is -0.779. The van der Waals surface area contributed by atoms with E-state index < -0.39 is 6.10 Å². The summed E-state index contributed by atoms with van der Waals surface area (Å²) in [5, 5.41) is 0. The molecular formula is C72H128O6. The second kappa shape index (κ2) is 66.4. The number of ether oxygens (including phenoxy) is 3. The van der Waals surface area contributed by atoms with Crippen molar-refractivity contribution in [2.45, 2.75) is 354 Å². The Kier molecular flexibility index (Phi) is 63.7. The Balaban J connectivity index is 4.03. The first-order valence-corrected chi connectivity index (χ1v) is 33.9. The Bertz CT molecular complexity index is 1440. The van der Waals surface area contributed by atoms with Gasteiger partial charge in [-0.25, -0.2) is 0 Å². The molecule has 0 bridgehead atoms. The first kappa shape index (κ1) is 74.8. The van der Waals surface area contributed by atoms with Crippen molar-refractivity contribution in [3.8, 4) is 0 Å². The third-order valence-corrected chi connectivity index (χ3v) is 14.9. The Morgan fingerprint density at radius 1 is 0.269 bits per heavy atom. The van der Waals surface area contributed by atoms with Crippen LogP contribution >= 0.6 is 0 Å². The van der Waals surface area contributed by atoms with Gasteiger partial charge in [0.05, 0.1) is 0 Å². The molecule has 452 valence electrons. The van der Waals surface area contributed by atoms with Crippen molar-refractivity contribution in [1.82, 2.24) is 0 Å². The van der Waals surface area contributed by atoms with Crippen LogP contribution in [0, 0.1) is 0 Å². The highest BCUT2D eigenvalue weighted by molar-refractivity contribution is 5.71. The zero-order valence-corrected chi connectivity index (χ0v) is 51.9. The van der Waals surface area contributed by atoms with Crippen molar-refractivity contribution in [2.75, 3.05) is 13.2 Å². The number of allylic oxidation sites excluding steroid dienone is 12. The van der Waals surface area contributed by atoms with Crippen molar-refractivity contribution >= 4 is 17.9 Å². The fourth-order valence-corrected chi connectivity index (χ4v) is 9.84. The van der Waals surface area contributed by atoms with Crippen LogP contribution in [0.5, 0.6) is 0 Å². The average Bonchev–Trinajstić information content (AvgIpc) is 3.44. The Hall–Kier alpha value is -3.15. The number of carbonyl (C=O) groups excluding carboxylic acids is 3. The molecule has 6 heteroatoms. The maximum Gasteiger partial charge on any atom is 0.306 e. The van der Waals surface area contributed by atoms with E-state index in [1.807, 2.05) is 0 Å². The van der Waals surface area contributed by atoms with Gasteiger partial charge < -0.3 is 14.2 Å². The fraction of sp³-hybridized carbons (Fsp3) is 0.792. The van der Waals surface area contributed by atoms with Crippen LogP contribution in [0.15, 0.2) is 72.9 Å². The summed E-state index contributed by atoms with van der Waals surface area (Å²) in [6.45, 7) is 6.51. The molecule has 0 aliphatic rings. The number of rotatable bonds is 62. The summed E-state index contributed by atoms with van der Waals surface area (Å²) in [7, 11) is 0. The summed E-state index contributed by atoms with van der Waals surface area (Å²) < 4.78 is 16.9. The molecule has 0 aromatic rings. The molecule has 1 atom stereocenters. The van der Waals surface area contributed by atoms with E-state index in [-0.39, 0.29) is 31.1 Å². The van der Waals surface area contributed by atoms with E-state index in [1.54, 1.807) is 0 Å². The van der Waals surface area contributed by atoms with E-state index in [0.717, 1.165) is 103 Å². The minimum absolute atomic E-state index is 0.0765. The minimum Gasteiger partial charge on any atom is -0.462 e. The van der Waals surface area contributed by atoms with Crippen LogP contribution in [-0.4, -0.2) is 37.2 Å². The van der Waals surface area contributed by atoms with Crippen LogP contribution in [0.2, 0.25) is 0 Å². The lowest BCUT2D eigenvalue weighted by molar-refractivity contribution is -0.167. The standard InChI is InChI=1S/C72H128O6/c1-4-7-10-13-16-19-22-25-26-27-28-29-30-31-32-33-34-35-36-37-38-39-40-41-42-43-44-45-46-48-50-53-56-59-62-65-71(74)77-68-69(67-76-70(73)64-61-58-55-52-49-24-21-18-15-12-9-6-3)78-72(75)66-63-60-57-54-51-47-23-20-17-14-11-8-5-2/h7,10,16,18-21,23,25-26,28-29,69H,4-6,8-9,11-15,17,22,24,27,30-68H2,1-3H3/b10-7-,19-16-,21-18-,23-20-,26-25-,29-28-. The van der Waals surface area contributed by atoms with Crippen molar-refractivity contribution in [3.05, 3.63) is 72.9 Å². The van der Waals surface area contributed by atoms with E-state index in [4.69, 9.17) is 14.2 Å². The summed E-state index contributed by atoms with van der Waals surface area (Å²) in [6.07, 6.45) is 86.6. The zero-order valence-electron chi connectivity index (χ0n) is 51.9.